The van der Waals surface area contributed by atoms with Gasteiger partial charge >= 0.3 is 0 Å². The average molecular weight is 552 g/mol. The Balaban J connectivity index is 1.46. The molecule has 0 aliphatic heterocycles. The largest absolute Gasteiger partial charge is 0.508 e. The molecule has 3 nitrogen and oxygen atoms in total. The SMILES string of the molecule is Cc1ccc2c(c1)sc1c2oc2c1sc1c2sc2c3sc4cc(C)ccc4c3n(-c3ccc(O)cc3)c12. The number of aryl methyl sites for hydroxylation is 2. The maximum atomic E-state index is 10.0. The Bertz CT molecular complexity index is 2390. The maximum Gasteiger partial charge on any atom is 0.165 e. The highest BCUT2D eigenvalue weighted by molar-refractivity contribution is 7.41. The molecule has 0 aliphatic rings. The molecule has 0 aliphatic carbocycles. The fourth-order valence-corrected chi connectivity index (χ4v) is 11.1. The Morgan fingerprint density at radius 2 is 1.16 bits per heavy atom. The Kier molecular flexibility index (Phi) is 3.87. The summed E-state index contributed by atoms with van der Waals surface area (Å²) in [6.07, 6.45) is 0. The van der Waals surface area contributed by atoms with Crippen LogP contribution >= 0.6 is 45.3 Å². The first-order chi connectivity index (χ1) is 18.0. The molecule has 3 aromatic carbocycles. The molecular formula is C30H17NO2S4. The maximum absolute atomic E-state index is 10.0. The second-order valence-electron chi connectivity index (χ2n) is 9.69. The first-order valence-corrected chi connectivity index (χ1v) is 15.2. The Morgan fingerprint density at radius 1 is 0.595 bits per heavy atom. The lowest BCUT2D eigenvalue weighted by atomic mass is 10.2. The Labute approximate surface area is 226 Å². The van der Waals surface area contributed by atoms with E-state index in [4.69, 9.17) is 4.42 Å². The third kappa shape index (κ3) is 2.60. The van der Waals surface area contributed by atoms with Crippen molar-refractivity contribution in [1.82, 2.24) is 4.57 Å². The average Bonchev–Trinajstić information content (AvgIpc) is 3.67. The van der Waals surface area contributed by atoms with Crippen molar-refractivity contribution in [3.8, 4) is 11.4 Å². The zero-order valence-electron chi connectivity index (χ0n) is 19.7. The van der Waals surface area contributed by atoms with Gasteiger partial charge in [0, 0.05) is 25.9 Å². The summed E-state index contributed by atoms with van der Waals surface area (Å²) in [5.41, 5.74) is 8.14. The number of hydrogen-bond acceptors (Lipinski definition) is 6. The van der Waals surface area contributed by atoms with Crippen molar-refractivity contribution >= 4 is 116 Å². The van der Waals surface area contributed by atoms with E-state index >= 15 is 0 Å². The number of fused-ring (bicyclic) bond motifs is 13. The highest BCUT2D eigenvalue weighted by Crippen LogP contribution is 2.55. The normalized spacial score (nSPS) is 12.7. The van der Waals surface area contributed by atoms with Crippen LogP contribution in [0, 0.1) is 13.8 Å². The van der Waals surface area contributed by atoms with Crippen LogP contribution < -0.4 is 0 Å². The van der Waals surface area contributed by atoms with Crippen LogP contribution in [0.3, 0.4) is 0 Å². The van der Waals surface area contributed by atoms with Gasteiger partial charge in [-0.05, 0) is 67.4 Å². The van der Waals surface area contributed by atoms with Crippen molar-refractivity contribution < 1.29 is 9.52 Å². The lowest BCUT2D eigenvalue weighted by Crippen LogP contribution is -1.92. The standard InChI is InChI=1S/C30H17NO2S4/c1-13-3-9-17-19(11-13)34-25-21(17)31(15-5-7-16(32)8-6-15)22-26(25)36-29-24-30(37-27(22)29)28-23(33-24)18-10-4-14(2)12-20(18)35-28/h3-12,32H,1-2H3. The second-order valence-corrected chi connectivity index (χ2v) is 13.8. The quantitative estimate of drug-likeness (QED) is 0.220. The van der Waals surface area contributed by atoms with E-state index in [1.165, 1.54) is 70.5 Å². The molecule has 6 aromatic heterocycles. The van der Waals surface area contributed by atoms with Gasteiger partial charge in [0.1, 0.15) is 5.75 Å². The van der Waals surface area contributed by atoms with Crippen molar-refractivity contribution in [3.63, 3.8) is 0 Å². The van der Waals surface area contributed by atoms with Crippen LogP contribution in [0.1, 0.15) is 11.1 Å². The summed E-state index contributed by atoms with van der Waals surface area (Å²) in [4.78, 5) is 0. The molecule has 0 unspecified atom stereocenters. The van der Waals surface area contributed by atoms with Crippen LogP contribution in [0.2, 0.25) is 0 Å². The van der Waals surface area contributed by atoms with E-state index in [0.717, 1.165) is 16.9 Å². The molecule has 37 heavy (non-hydrogen) atoms. The van der Waals surface area contributed by atoms with Gasteiger partial charge in [0.05, 0.1) is 39.2 Å². The van der Waals surface area contributed by atoms with Crippen molar-refractivity contribution in [2.45, 2.75) is 13.8 Å². The molecule has 178 valence electrons. The number of benzene rings is 3. The third-order valence-electron chi connectivity index (χ3n) is 7.25. The van der Waals surface area contributed by atoms with Crippen LogP contribution in [0.4, 0.5) is 0 Å². The number of nitrogens with zero attached hydrogens (tertiary/aromatic N) is 1. The third-order valence-corrected chi connectivity index (χ3v) is 12.3. The molecule has 0 atom stereocenters. The molecule has 6 heterocycles. The molecule has 9 rings (SSSR count). The topological polar surface area (TPSA) is 38.3 Å². The number of hydrogen-bond donors (Lipinski definition) is 1. The number of phenolic OH excluding ortho intramolecular Hbond substituents is 1. The number of furan rings is 1. The van der Waals surface area contributed by atoms with Crippen LogP contribution in [0.5, 0.6) is 5.75 Å². The van der Waals surface area contributed by atoms with Crippen LogP contribution in [0.25, 0.3) is 76.3 Å². The summed E-state index contributed by atoms with van der Waals surface area (Å²) in [6.45, 7) is 4.29. The molecule has 7 heteroatoms. The number of rotatable bonds is 1. The highest BCUT2D eigenvalue weighted by Gasteiger charge is 2.27. The van der Waals surface area contributed by atoms with Crippen molar-refractivity contribution in [3.05, 3.63) is 71.8 Å². The molecule has 0 amide bonds. The van der Waals surface area contributed by atoms with E-state index in [9.17, 15) is 5.11 Å². The van der Waals surface area contributed by atoms with Gasteiger partial charge in [-0.2, -0.15) is 0 Å². The van der Waals surface area contributed by atoms with E-state index < -0.39 is 0 Å². The van der Waals surface area contributed by atoms with E-state index in [-0.39, 0.29) is 5.75 Å². The predicted molar refractivity (Wildman–Crippen MR) is 163 cm³/mol. The number of aromatic nitrogens is 1. The Hall–Kier alpha value is -3.36. The zero-order valence-corrected chi connectivity index (χ0v) is 23.0. The van der Waals surface area contributed by atoms with Crippen LogP contribution in [-0.4, -0.2) is 9.67 Å². The molecule has 0 radical (unpaired) electrons. The monoisotopic (exact) mass is 551 g/mol. The first kappa shape index (κ1) is 20.7. The van der Waals surface area contributed by atoms with Gasteiger partial charge in [0.2, 0.25) is 0 Å². The fraction of sp³-hybridized carbons (Fsp3) is 0.0667. The number of phenols is 1. The number of thiophene rings is 4. The second kappa shape index (κ2) is 6.94. The molecule has 0 saturated heterocycles. The van der Waals surface area contributed by atoms with Gasteiger partial charge in [0.15, 0.2) is 11.2 Å². The zero-order chi connectivity index (χ0) is 24.6. The molecule has 1 N–H and O–H groups in total. The van der Waals surface area contributed by atoms with E-state index in [2.05, 4.69) is 54.8 Å². The minimum atomic E-state index is 0.278. The van der Waals surface area contributed by atoms with Gasteiger partial charge in [-0.1, -0.05) is 18.2 Å². The molecule has 0 fully saturated rings. The molecular weight excluding hydrogens is 535 g/mol. The summed E-state index contributed by atoms with van der Waals surface area (Å²) in [7, 11) is 0. The summed E-state index contributed by atoms with van der Waals surface area (Å²) in [6, 6.07) is 20.9. The lowest BCUT2D eigenvalue weighted by molar-refractivity contribution is 0.475. The van der Waals surface area contributed by atoms with E-state index in [1.54, 1.807) is 12.1 Å². The first-order valence-electron chi connectivity index (χ1n) is 12.0. The smallest absolute Gasteiger partial charge is 0.165 e. The van der Waals surface area contributed by atoms with Crippen molar-refractivity contribution in [2.24, 2.45) is 0 Å². The highest BCUT2D eigenvalue weighted by atomic mass is 32.1. The fourth-order valence-electron chi connectivity index (χ4n) is 5.57. The van der Waals surface area contributed by atoms with Gasteiger partial charge in [-0.15, -0.1) is 45.3 Å². The molecule has 9 aromatic rings. The van der Waals surface area contributed by atoms with Crippen LogP contribution in [-0.2, 0) is 0 Å². The van der Waals surface area contributed by atoms with Crippen molar-refractivity contribution in [1.29, 1.82) is 0 Å². The van der Waals surface area contributed by atoms with E-state index in [0.29, 0.717) is 0 Å². The van der Waals surface area contributed by atoms with Crippen LogP contribution in [0.15, 0.2) is 65.1 Å². The summed E-state index contributed by atoms with van der Waals surface area (Å²) < 4.78 is 19.3. The molecule has 0 saturated carbocycles. The predicted octanol–water partition coefficient (Wildman–Crippen LogP) is 10.7. The minimum Gasteiger partial charge on any atom is -0.508 e. The minimum absolute atomic E-state index is 0.278. The van der Waals surface area contributed by atoms with Gasteiger partial charge < -0.3 is 14.1 Å². The van der Waals surface area contributed by atoms with Gasteiger partial charge in [0.25, 0.3) is 0 Å². The molecule has 0 bridgehead atoms. The van der Waals surface area contributed by atoms with Gasteiger partial charge in [-0.3, -0.25) is 0 Å². The number of aromatic hydroxyl groups is 1. The molecule has 0 spiro atoms. The Morgan fingerprint density at radius 3 is 1.92 bits per heavy atom. The summed E-state index contributed by atoms with van der Waals surface area (Å²) in [5, 5.41) is 12.5. The van der Waals surface area contributed by atoms with Gasteiger partial charge in [-0.25, -0.2) is 0 Å². The lowest BCUT2D eigenvalue weighted by Gasteiger charge is -2.07. The van der Waals surface area contributed by atoms with E-state index in [1.807, 2.05) is 57.5 Å². The summed E-state index contributed by atoms with van der Waals surface area (Å²) >= 11 is 7.42. The van der Waals surface area contributed by atoms with Crippen molar-refractivity contribution in [2.75, 3.05) is 0 Å². The summed E-state index contributed by atoms with van der Waals surface area (Å²) in [5.74, 6) is 0.278.